The molecule has 0 unspecified atom stereocenters. The number of aliphatic imine (C=N–C) groups is 1. The number of amides is 4. The zero-order valence-corrected chi connectivity index (χ0v) is 40.3. The number of carbonyl (C=O) groups excluding carboxylic acids is 4. The van der Waals surface area contributed by atoms with Crippen molar-refractivity contribution in [2.75, 3.05) is 38.7 Å². The van der Waals surface area contributed by atoms with Crippen LogP contribution in [0.1, 0.15) is 105 Å². The van der Waals surface area contributed by atoms with Crippen LogP contribution in [0.15, 0.2) is 53.4 Å². The molecule has 0 radical (unpaired) electrons. The van der Waals surface area contributed by atoms with Crippen LogP contribution in [-0.4, -0.2) is 109 Å². The Morgan fingerprint density at radius 2 is 1.72 bits per heavy atom. The van der Waals surface area contributed by atoms with Crippen LogP contribution in [-0.2, 0) is 37.5 Å². The maximum Gasteiger partial charge on any atom is 0.434 e. The molecule has 2 aliphatic carbocycles. The fraction of sp³-hybridized carbons (Fsp3) is 0.600. The van der Waals surface area contributed by atoms with Gasteiger partial charge in [-0.05, 0) is 96.4 Å². The molecular formula is C45H66N7O10PS. The van der Waals surface area contributed by atoms with Crippen molar-refractivity contribution >= 4 is 59.5 Å². The van der Waals surface area contributed by atoms with Crippen LogP contribution in [0.4, 0.5) is 9.93 Å². The third kappa shape index (κ3) is 12.7. The van der Waals surface area contributed by atoms with Crippen molar-refractivity contribution < 1.29 is 47.0 Å². The van der Waals surface area contributed by atoms with Gasteiger partial charge >= 0.3 is 13.8 Å². The minimum absolute atomic E-state index is 0.000697. The molecule has 1 aromatic heterocycles. The monoisotopic (exact) mass is 927 g/mol. The summed E-state index contributed by atoms with van der Waals surface area (Å²) in [7, 11) is -2.50. The summed E-state index contributed by atoms with van der Waals surface area (Å²) >= 11 is 1.46. The summed E-state index contributed by atoms with van der Waals surface area (Å²) in [4.78, 5) is 67.9. The molecule has 2 heterocycles. The number of likely N-dealkylation sites (tertiary alicyclic amines) is 1. The van der Waals surface area contributed by atoms with Gasteiger partial charge in [0.15, 0.2) is 5.13 Å². The van der Waals surface area contributed by atoms with Crippen molar-refractivity contribution in [3.8, 4) is 5.75 Å². The summed E-state index contributed by atoms with van der Waals surface area (Å²) in [5.41, 5.74) is -0.511. The molecule has 1 aliphatic heterocycles. The lowest BCUT2D eigenvalue weighted by Crippen LogP contribution is -2.60. The molecule has 352 valence electrons. The largest absolute Gasteiger partial charge is 0.497 e. The van der Waals surface area contributed by atoms with E-state index in [2.05, 4.69) is 27.6 Å². The van der Waals surface area contributed by atoms with Crippen molar-refractivity contribution in [1.82, 2.24) is 25.6 Å². The highest BCUT2D eigenvalue weighted by molar-refractivity contribution is 7.52. The molecule has 5 atom stereocenters. The number of carbonyl (C=O) groups is 4. The fourth-order valence-corrected chi connectivity index (χ4v) is 10.0. The van der Waals surface area contributed by atoms with Gasteiger partial charge in [-0.1, -0.05) is 26.8 Å². The van der Waals surface area contributed by atoms with Crippen LogP contribution in [0.5, 0.6) is 5.75 Å². The van der Waals surface area contributed by atoms with Gasteiger partial charge in [0.05, 0.1) is 32.6 Å². The molecule has 64 heavy (non-hydrogen) atoms. The highest BCUT2D eigenvalue weighted by atomic mass is 32.1. The first-order chi connectivity index (χ1) is 30.4. The summed E-state index contributed by atoms with van der Waals surface area (Å²) in [5, 5.41) is 14.1. The normalized spacial score (nSPS) is 22.2. The molecule has 4 amide bonds. The molecule has 17 nitrogen and oxygen atoms in total. The average Bonchev–Trinajstić information content (AvgIpc) is 3.65. The number of hydrogen-bond acceptors (Lipinski definition) is 14. The summed E-state index contributed by atoms with van der Waals surface area (Å²) < 4.78 is 42.1. The molecule has 2 aromatic rings. The minimum Gasteiger partial charge on any atom is -0.497 e. The van der Waals surface area contributed by atoms with Crippen molar-refractivity contribution in [3.63, 3.8) is 0 Å². The predicted octanol–water partition coefficient (Wildman–Crippen LogP) is 7.25. The molecular weight excluding hydrogens is 862 g/mol. The first-order valence-corrected chi connectivity index (χ1v) is 24.5. The summed E-state index contributed by atoms with van der Waals surface area (Å²) in [6, 6.07) is 5.15. The first-order valence-electron chi connectivity index (χ1n) is 22.1. The fourth-order valence-electron chi connectivity index (χ4n) is 7.82. The summed E-state index contributed by atoms with van der Waals surface area (Å²) in [6.07, 6.45) is 5.14. The Morgan fingerprint density at radius 3 is 2.28 bits per heavy atom. The van der Waals surface area contributed by atoms with E-state index in [0.717, 1.165) is 30.8 Å². The van der Waals surface area contributed by atoms with Crippen LogP contribution in [0.25, 0.3) is 5.76 Å². The van der Waals surface area contributed by atoms with Crippen LogP contribution in [0.3, 0.4) is 0 Å². The number of rotatable bonds is 21. The second kappa shape index (κ2) is 21.9. The highest BCUT2D eigenvalue weighted by Crippen LogP contribution is 2.50. The zero-order chi connectivity index (χ0) is 46.8. The number of benzene rings is 1. The van der Waals surface area contributed by atoms with Crippen LogP contribution in [0, 0.1) is 11.3 Å². The van der Waals surface area contributed by atoms with Gasteiger partial charge in [-0.2, -0.15) is 0 Å². The van der Waals surface area contributed by atoms with E-state index in [1.807, 2.05) is 59.1 Å². The van der Waals surface area contributed by atoms with Gasteiger partial charge in [0.25, 0.3) is 5.91 Å². The Morgan fingerprint density at radius 1 is 1.05 bits per heavy atom. The Bertz CT molecular complexity index is 2070. The van der Waals surface area contributed by atoms with E-state index in [-0.39, 0.29) is 44.7 Å². The Hall–Kier alpha value is -4.77. The number of allylic oxidation sites excluding steroid dienone is 1. The molecule has 3 fully saturated rings. The topological polar surface area (TPSA) is 208 Å². The average molecular weight is 928 g/mol. The van der Waals surface area contributed by atoms with Crippen molar-refractivity contribution in [3.05, 3.63) is 59.6 Å². The number of alkyl carbamates (subject to hydrolysis) is 1. The number of hydrogen-bond donors (Lipinski definition) is 4. The number of methoxy groups -OCH3 is 1. The van der Waals surface area contributed by atoms with E-state index in [4.69, 9.17) is 33.2 Å². The molecule has 1 aromatic carbocycles. The lowest BCUT2D eigenvalue weighted by molar-refractivity contribution is -0.143. The number of nitrogens with one attached hydrogen (secondary N) is 4. The second-order valence-electron chi connectivity index (χ2n) is 17.5. The third-order valence-corrected chi connectivity index (χ3v) is 13.6. The van der Waals surface area contributed by atoms with Gasteiger partial charge in [0.1, 0.15) is 47.0 Å². The molecule has 0 spiro atoms. The molecule has 0 bridgehead atoms. The zero-order valence-electron chi connectivity index (χ0n) is 38.6. The summed E-state index contributed by atoms with van der Waals surface area (Å²) in [5.74, 6) is -1.46. The van der Waals surface area contributed by atoms with E-state index >= 15 is 0 Å². The quantitative estimate of drug-likeness (QED) is 0.0423. The van der Waals surface area contributed by atoms with Crippen molar-refractivity contribution in [1.29, 1.82) is 0 Å². The summed E-state index contributed by atoms with van der Waals surface area (Å²) in [6.45, 7) is 18.9. The van der Waals surface area contributed by atoms with Gasteiger partial charge in [-0.3, -0.25) is 33.5 Å². The lowest BCUT2D eigenvalue weighted by atomic mass is 9.85. The van der Waals surface area contributed by atoms with E-state index in [1.54, 1.807) is 39.2 Å². The van der Waals surface area contributed by atoms with Gasteiger partial charge in [0, 0.05) is 41.9 Å². The lowest BCUT2D eigenvalue weighted by Gasteiger charge is -2.35. The number of ether oxygens (including phenoxy) is 3. The number of anilines is 1. The van der Waals surface area contributed by atoms with Gasteiger partial charge in [-0.15, -0.1) is 17.9 Å². The Labute approximate surface area is 381 Å². The number of nitrogens with zero attached hydrogens (tertiary/aromatic N) is 3. The van der Waals surface area contributed by atoms with Gasteiger partial charge in [0.2, 0.25) is 11.8 Å². The van der Waals surface area contributed by atoms with Crippen LogP contribution >= 0.6 is 19.1 Å². The van der Waals surface area contributed by atoms with Gasteiger partial charge in [-0.25, -0.2) is 14.3 Å². The smallest absolute Gasteiger partial charge is 0.434 e. The van der Waals surface area contributed by atoms with E-state index in [9.17, 15) is 23.7 Å². The van der Waals surface area contributed by atoms with E-state index < -0.39 is 66.6 Å². The SMILES string of the molecule is C=C[C@@H]1C[C@]1(NC(=O)[C@@H]1C[C@@H](O/C(=C/C(=NCC)c2csc(NC(C)C)n2)c2ccc(OC)cc2)CN1C(=O)[C@@H](NC(=O)OC1CCCC1)C(C)(C)C)C(=O)NP(=O)(OCC)OCC. The van der Waals surface area contributed by atoms with Crippen molar-refractivity contribution in [2.45, 2.75) is 130 Å². The molecule has 3 aliphatic rings. The third-order valence-electron chi connectivity index (χ3n) is 11.1. The Kier molecular flexibility index (Phi) is 17.2. The minimum atomic E-state index is -4.08. The predicted molar refractivity (Wildman–Crippen MR) is 247 cm³/mol. The molecule has 19 heteroatoms. The second-order valence-corrected chi connectivity index (χ2v) is 20.0. The van der Waals surface area contributed by atoms with Crippen LogP contribution < -0.4 is 25.8 Å². The highest BCUT2D eigenvalue weighted by Gasteiger charge is 2.62. The molecule has 1 saturated heterocycles. The van der Waals surface area contributed by atoms with Crippen molar-refractivity contribution in [2.24, 2.45) is 16.3 Å². The number of aromatic nitrogens is 1. The molecule has 4 N–H and O–H groups in total. The standard InChI is InChI=1S/C45H66N7O10PS/c1-11-30-25-45(30,41(55)51-63(57,59-13-3)60-14-4)50-39(53)36-23-33(26-52(36)40(54)38(44(7,8)9)49-43(56)62-32-17-15-16-18-32)61-37(29-19-21-31(58-10)22-20-29)24-34(46-12-2)35-27-64-42(48-35)47-28(5)6/h11,19-22,24,27-28,30,32-33,36,38H,1,12-18,23,25-26H2,2-10H3,(H,47,48)(H,49,56)(H,50,53)(H,51,55,57)/b37-24+,46-34?/t30-,33-,36+,38-,45-/m1/s1. The van der Waals surface area contributed by atoms with E-state index in [0.29, 0.717) is 35.0 Å². The first kappa shape index (κ1) is 50.2. The molecule has 2 saturated carbocycles. The Balaban J connectivity index is 1.52. The maximum absolute atomic E-state index is 14.9. The molecule has 5 rings (SSSR count). The number of thiazole rings is 1. The van der Waals surface area contributed by atoms with Crippen LogP contribution in [0.2, 0.25) is 0 Å². The van der Waals surface area contributed by atoms with E-state index in [1.165, 1.54) is 22.3 Å². The maximum atomic E-state index is 14.9. The van der Waals surface area contributed by atoms with Gasteiger partial charge < -0.3 is 35.1 Å².